The Morgan fingerprint density at radius 3 is 2.27 bits per heavy atom. The Balaban J connectivity index is 1.53. The van der Waals surface area contributed by atoms with Gasteiger partial charge in [0.2, 0.25) is 17.7 Å². The van der Waals surface area contributed by atoms with Gasteiger partial charge in [-0.3, -0.25) is 14.4 Å². The number of amides is 3. The highest BCUT2D eigenvalue weighted by atomic mass is 16.5. The lowest BCUT2D eigenvalue weighted by Gasteiger charge is -2.29. The predicted molar refractivity (Wildman–Crippen MR) is 187 cm³/mol. The Morgan fingerprint density at radius 1 is 0.896 bits per heavy atom. The van der Waals surface area contributed by atoms with Gasteiger partial charge in [-0.2, -0.15) is 0 Å². The second kappa shape index (κ2) is 15.7. The molecule has 1 unspecified atom stereocenters. The summed E-state index contributed by atoms with van der Waals surface area (Å²) in [6.07, 6.45) is 4.99. The highest BCUT2D eigenvalue weighted by Crippen LogP contribution is 2.26. The molecule has 10 nitrogen and oxygen atoms in total. The third-order valence-electron chi connectivity index (χ3n) is 7.88. The highest BCUT2D eigenvalue weighted by Gasteiger charge is 2.34. The van der Waals surface area contributed by atoms with Crippen molar-refractivity contribution in [2.45, 2.75) is 84.8 Å². The van der Waals surface area contributed by atoms with Gasteiger partial charge in [-0.15, -0.1) is 0 Å². The quantitative estimate of drug-likeness (QED) is 0.144. The third kappa shape index (κ3) is 10.0. The zero-order valence-electron chi connectivity index (χ0n) is 28.7. The van der Waals surface area contributed by atoms with Gasteiger partial charge >= 0.3 is 5.97 Å². The number of ether oxygens (including phenoxy) is 1. The first-order valence-electron chi connectivity index (χ1n) is 16.4. The lowest BCUT2D eigenvalue weighted by molar-refractivity contribution is -0.145. The van der Waals surface area contributed by atoms with E-state index in [0.717, 1.165) is 16.3 Å². The molecule has 2 atom stereocenters. The average molecular weight is 654 g/mol. The molecule has 3 aromatic carbocycles. The number of fused-ring (bicyclic) bond motifs is 1. The minimum absolute atomic E-state index is 0.207. The van der Waals surface area contributed by atoms with Crippen LogP contribution in [-0.4, -0.2) is 51.4 Å². The monoisotopic (exact) mass is 653 g/mol. The van der Waals surface area contributed by atoms with Crippen LogP contribution < -0.4 is 16.0 Å². The van der Waals surface area contributed by atoms with Crippen LogP contribution >= 0.6 is 0 Å². The maximum Gasteiger partial charge on any atom is 0.333 e. The summed E-state index contributed by atoms with van der Waals surface area (Å²) < 4.78 is 7.02. The number of nitrogens with zero attached hydrogens (tertiary/aromatic N) is 2. The van der Waals surface area contributed by atoms with E-state index in [0.29, 0.717) is 24.8 Å². The molecule has 10 heteroatoms. The molecule has 0 spiro atoms. The largest absolute Gasteiger partial charge is 0.464 e. The first-order valence-corrected chi connectivity index (χ1v) is 16.4. The normalized spacial score (nSPS) is 13.0. The second-order valence-electron chi connectivity index (χ2n) is 13.8. The Labute approximate surface area is 282 Å². The molecule has 4 rings (SSSR count). The molecular weight excluding hydrogens is 606 g/mol. The molecule has 0 saturated heterocycles. The maximum atomic E-state index is 13.7. The molecule has 4 aromatic rings. The van der Waals surface area contributed by atoms with Crippen molar-refractivity contribution in [2.75, 3.05) is 11.9 Å². The lowest BCUT2D eigenvalue weighted by Crippen LogP contribution is -2.58. The minimum Gasteiger partial charge on any atom is -0.464 e. The molecule has 254 valence electrons. The second-order valence-corrected chi connectivity index (χ2v) is 13.8. The van der Waals surface area contributed by atoms with Crippen LogP contribution in [0.2, 0.25) is 0 Å². The topological polar surface area (TPSA) is 131 Å². The van der Waals surface area contributed by atoms with Crippen LogP contribution in [0.1, 0.15) is 78.0 Å². The van der Waals surface area contributed by atoms with E-state index in [1.807, 2.05) is 93.6 Å². The van der Waals surface area contributed by atoms with Gasteiger partial charge in [0.25, 0.3) is 0 Å². The average Bonchev–Trinajstić information content (AvgIpc) is 3.47. The number of carbonyl (C=O) groups is 4. The lowest BCUT2D eigenvalue weighted by atomic mass is 9.91. The molecule has 48 heavy (non-hydrogen) atoms. The van der Waals surface area contributed by atoms with E-state index in [9.17, 15) is 19.2 Å². The standard InChI is InChI=1S/C38H47N5O5/c1-7-48-35(46)33(29-21-20-27-17-11-12-18-28(27)22-29)43-24-31(39-25-43)41-34(45)30(19-13-16-26-14-9-8-10-15-26)40-36(47)38(5,6)42-32(44)23-37(2,3)4/h8-12,14-15,17-18,20-22,24-25,30,33H,7,13,16,19,23H2,1-6H3,(H,40,47)(H,41,45)(H,42,44)/t30-,33?/m1/s1. The Kier molecular flexibility index (Phi) is 11.8. The van der Waals surface area contributed by atoms with Crippen LogP contribution in [0.25, 0.3) is 10.8 Å². The van der Waals surface area contributed by atoms with Gasteiger partial charge in [0.05, 0.1) is 12.9 Å². The molecule has 0 aliphatic carbocycles. The van der Waals surface area contributed by atoms with Crippen LogP contribution in [0.4, 0.5) is 5.82 Å². The van der Waals surface area contributed by atoms with Crippen LogP contribution in [0.5, 0.6) is 0 Å². The molecule has 1 aromatic heterocycles. The highest BCUT2D eigenvalue weighted by molar-refractivity contribution is 5.99. The molecule has 0 aliphatic rings. The zero-order chi connectivity index (χ0) is 34.9. The summed E-state index contributed by atoms with van der Waals surface area (Å²) in [5.41, 5.74) is 0.328. The van der Waals surface area contributed by atoms with Gasteiger partial charge in [-0.25, -0.2) is 9.78 Å². The number of aromatic nitrogens is 2. The number of rotatable bonds is 14. The predicted octanol–water partition coefficient (Wildman–Crippen LogP) is 5.97. The molecule has 3 N–H and O–H groups in total. The van der Waals surface area contributed by atoms with E-state index in [2.05, 4.69) is 20.9 Å². The number of anilines is 1. The van der Waals surface area contributed by atoms with Crippen molar-refractivity contribution in [3.63, 3.8) is 0 Å². The van der Waals surface area contributed by atoms with Crippen molar-refractivity contribution < 1.29 is 23.9 Å². The van der Waals surface area contributed by atoms with Gasteiger partial charge in [0.1, 0.15) is 11.6 Å². The molecule has 0 aliphatic heterocycles. The van der Waals surface area contributed by atoms with E-state index >= 15 is 0 Å². The summed E-state index contributed by atoms with van der Waals surface area (Å²) >= 11 is 0. The van der Waals surface area contributed by atoms with Gasteiger partial charge < -0.3 is 25.3 Å². The number of imidazole rings is 1. The molecule has 0 saturated carbocycles. The maximum absolute atomic E-state index is 13.7. The molecule has 0 fully saturated rings. The van der Waals surface area contributed by atoms with Gasteiger partial charge in [0.15, 0.2) is 11.9 Å². The summed E-state index contributed by atoms with van der Waals surface area (Å²) in [5.74, 6) is -1.42. The van der Waals surface area contributed by atoms with Gasteiger partial charge in [-0.1, -0.05) is 87.5 Å². The number of benzene rings is 3. The van der Waals surface area contributed by atoms with Gasteiger partial charge in [-0.05, 0) is 73.4 Å². The van der Waals surface area contributed by atoms with Crippen LogP contribution in [0, 0.1) is 5.41 Å². The van der Waals surface area contributed by atoms with E-state index in [1.165, 1.54) is 6.33 Å². The van der Waals surface area contributed by atoms with Crippen molar-refractivity contribution in [3.8, 4) is 0 Å². The van der Waals surface area contributed by atoms with Crippen LogP contribution in [0.15, 0.2) is 85.3 Å². The van der Waals surface area contributed by atoms with Crippen LogP contribution in [0.3, 0.4) is 0 Å². The number of nitrogens with one attached hydrogen (secondary N) is 3. The Bertz CT molecular complexity index is 1720. The first-order chi connectivity index (χ1) is 22.8. The number of hydrogen-bond acceptors (Lipinski definition) is 6. The van der Waals surface area contributed by atoms with E-state index in [-0.39, 0.29) is 30.2 Å². The molecular formula is C38H47N5O5. The van der Waals surface area contributed by atoms with Gasteiger partial charge in [0, 0.05) is 12.6 Å². The number of esters is 1. The van der Waals surface area contributed by atoms with E-state index in [4.69, 9.17) is 4.74 Å². The van der Waals surface area contributed by atoms with E-state index in [1.54, 1.807) is 31.5 Å². The fourth-order valence-corrected chi connectivity index (χ4v) is 5.48. The molecule has 1 heterocycles. The van der Waals surface area contributed by atoms with Crippen molar-refractivity contribution in [1.29, 1.82) is 0 Å². The summed E-state index contributed by atoms with van der Waals surface area (Å²) in [6, 6.07) is 21.8. The summed E-state index contributed by atoms with van der Waals surface area (Å²) in [6.45, 7) is 11.0. The SMILES string of the molecule is CCOC(=O)C(c1ccc2ccccc2c1)n1cnc(NC(=O)[C@@H](CCCc2ccccc2)NC(=O)C(C)(C)NC(=O)CC(C)(C)C)c1. The van der Waals surface area contributed by atoms with E-state index < -0.39 is 35.4 Å². The minimum atomic E-state index is -1.26. The number of carbonyl (C=O) groups excluding carboxylic acids is 4. The fraction of sp³-hybridized carbons (Fsp3) is 0.395. The number of hydrogen-bond donors (Lipinski definition) is 3. The van der Waals surface area contributed by atoms with Crippen molar-refractivity contribution in [1.82, 2.24) is 20.2 Å². The molecule has 0 radical (unpaired) electrons. The first kappa shape index (κ1) is 35.9. The van der Waals surface area contributed by atoms with Crippen LogP contribution in [-0.2, 0) is 30.3 Å². The fourth-order valence-electron chi connectivity index (χ4n) is 5.48. The van der Waals surface area contributed by atoms with Crippen molar-refractivity contribution in [2.24, 2.45) is 5.41 Å². The zero-order valence-corrected chi connectivity index (χ0v) is 28.7. The Morgan fingerprint density at radius 2 is 1.58 bits per heavy atom. The smallest absolute Gasteiger partial charge is 0.333 e. The summed E-state index contributed by atoms with van der Waals surface area (Å²) in [7, 11) is 0. The third-order valence-corrected chi connectivity index (χ3v) is 7.88. The Hall–Kier alpha value is -4.99. The molecule has 3 amide bonds. The summed E-state index contributed by atoms with van der Waals surface area (Å²) in [5, 5.41) is 10.5. The van der Waals surface area contributed by atoms with Crippen molar-refractivity contribution >= 4 is 40.3 Å². The molecule has 0 bridgehead atoms. The summed E-state index contributed by atoms with van der Waals surface area (Å²) in [4.78, 5) is 57.4. The van der Waals surface area contributed by atoms with Crippen molar-refractivity contribution in [3.05, 3.63) is 96.4 Å². The number of aryl methyl sites for hydroxylation is 1.